The van der Waals surface area contributed by atoms with Gasteiger partial charge in [0, 0.05) is 13.1 Å². The highest BCUT2D eigenvalue weighted by Crippen LogP contribution is 2.31. The summed E-state index contributed by atoms with van der Waals surface area (Å²) in [5.41, 5.74) is 0.250. The lowest BCUT2D eigenvalue weighted by molar-refractivity contribution is -0.137. The molecule has 10 heteroatoms. The number of anilines is 2. The second-order valence-electron chi connectivity index (χ2n) is 7.89. The Bertz CT molecular complexity index is 1200. The van der Waals surface area contributed by atoms with Gasteiger partial charge in [0.2, 0.25) is 0 Å². The van der Waals surface area contributed by atoms with Crippen molar-refractivity contribution in [1.82, 2.24) is 14.8 Å². The molecule has 1 aliphatic heterocycles. The van der Waals surface area contributed by atoms with E-state index in [0.717, 1.165) is 43.9 Å². The summed E-state index contributed by atoms with van der Waals surface area (Å²) in [5.74, 6) is -0.891. The lowest BCUT2D eigenvalue weighted by atomic mass is 10.1. The van der Waals surface area contributed by atoms with Crippen LogP contribution in [0.25, 0.3) is 5.69 Å². The van der Waals surface area contributed by atoms with Crippen LogP contribution in [-0.4, -0.2) is 39.5 Å². The Morgan fingerprint density at radius 3 is 2.42 bits per heavy atom. The summed E-state index contributed by atoms with van der Waals surface area (Å²) in [7, 11) is 0. The molecular weight excluding hydrogens is 435 g/mol. The summed E-state index contributed by atoms with van der Waals surface area (Å²) in [6.07, 6.45) is -0.795. The van der Waals surface area contributed by atoms with Crippen LogP contribution in [0.15, 0.2) is 42.6 Å². The predicted molar refractivity (Wildman–Crippen MR) is 117 cm³/mol. The SMILES string of the molecule is Cc1nn(-c2cccc(C(F)(F)F)c2)c(C)c1C(=O)C(=O)Nc1ccc(N2CCCC2)nc1. The van der Waals surface area contributed by atoms with Gasteiger partial charge in [0.05, 0.1) is 40.1 Å². The van der Waals surface area contributed by atoms with Crippen LogP contribution in [0.1, 0.15) is 40.2 Å². The quantitative estimate of drug-likeness (QED) is 0.456. The number of pyridine rings is 1. The molecule has 0 atom stereocenters. The highest BCUT2D eigenvalue weighted by atomic mass is 19.4. The van der Waals surface area contributed by atoms with Crippen LogP contribution in [0.3, 0.4) is 0 Å². The van der Waals surface area contributed by atoms with Gasteiger partial charge in [-0.3, -0.25) is 9.59 Å². The van der Waals surface area contributed by atoms with E-state index in [9.17, 15) is 22.8 Å². The fraction of sp³-hybridized carbons (Fsp3) is 0.304. The van der Waals surface area contributed by atoms with Crippen LogP contribution < -0.4 is 10.2 Å². The minimum absolute atomic E-state index is 0.0477. The third kappa shape index (κ3) is 4.59. The Hall–Kier alpha value is -3.69. The van der Waals surface area contributed by atoms with Crippen molar-refractivity contribution >= 4 is 23.2 Å². The molecule has 0 unspecified atom stereocenters. The molecule has 0 radical (unpaired) electrons. The van der Waals surface area contributed by atoms with E-state index in [-0.39, 0.29) is 22.6 Å². The Morgan fingerprint density at radius 1 is 1.06 bits per heavy atom. The molecule has 7 nitrogen and oxygen atoms in total. The average Bonchev–Trinajstić information content (AvgIpc) is 3.41. The second-order valence-corrected chi connectivity index (χ2v) is 7.89. The van der Waals surface area contributed by atoms with Crippen molar-refractivity contribution in [1.29, 1.82) is 0 Å². The molecule has 0 saturated carbocycles. The molecule has 1 saturated heterocycles. The number of aryl methyl sites for hydroxylation is 1. The van der Waals surface area contributed by atoms with Gasteiger partial charge in [-0.15, -0.1) is 0 Å². The molecule has 1 amide bonds. The van der Waals surface area contributed by atoms with Crippen molar-refractivity contribution in [3.05, 3.63) is 65.1 Å². The summed E-state index contributed by atoms with van der Waals surface area (Å²) < 4.78 is 40.5. The third-order valence-electron chi connectivity index (χ3n) is 5.58. The first-order valence-corrected chi connectivity index (χ1v) is 10.5. The fourth-order valence-corrected chi connectivity index (χ4v) is 3.93. The first-order chi connectivity index (χ1) is 15.6. The first kappa shape index (κ1) is 22.5. The van der Waals surface area contributed by atoms with Gasteiger partial charge < -0.3 is 10.2 Å². The molecule has 1 fully saturated rings. The molecule has 3 heterocycles. The van der Waals surface area contributed by atoms with Gasteiger partial charge in [0.1, 0.15) is 5.82 Å². The molecule has 33 heavy (non-hydrogen) atoms. The Morgan fingerprint density at radius 2 is 1.79 bits per heavy atom. The molecule has 3 aromatic rings. The summed E-state index contributed by atoms with van der Waals surface area (Å²) in [6, 6.07) is 8.09. The average molecular weight is 457 g/mol. The number of amides is 1. The number of benzene rings is 1. The Kier molecular flexibility index (Phi) is 5.92. The van der Waals surface area contributed by atoms with E-state index in [2.05, 4.69) is 20.3 Å². The minimum Gasteiger partial charge on any atom is -0.357 e. The van der Waals surface area contributed by atoms with E-state index in [0.29, 0.717) is 5.69 Å². The van der Waals surface area contributed by atoms with E-state index < -0.39 is 23.4 Å². The van der Waals surface area contributed by atoms with Crippen molar-refractivity contribution < 1.29 is 22.8 Å². The molecular formula is C23H22F3N5O2. The molecule has 0 bridgehead atoms. The van der Waals surface area contributed by atoms with Crippen LogP contribution in [-0.2, 0) is 11.0 Å². The smallest absolute Gasteiger partial charge is 0.357 e. The fourth-order valence-electron chi connectivity index (χ4n) is 3.93. The number of hydrogen-bond acceptors (Lipinski definition) is 5. The number of nitrogens with zero attached hydrogens (tertiary/aromatic N) is 4. The van der Waals surface area contributed by atoms with Gasteiger partial charge in [0.25, 0.3) is 11.7 Å². The van der Waals surface area contributed by atoms with Crippen molar-refractivity contribution in [3.63, 3.8) is 0 Å². The highest BCUT2D eigenvalue weighted by molar-refractivity contribution is 6.47. The number of ketones is 1. The maximum atomic E-state index is 13.1. The topological polar surface area (TPSA) is 80.1 Å². The van der Waals surface area contributed by atoms with Gasteiger partial charge in [0.15, 0.2) is 0 Å². The van der Waals surface area contributed by atoms with Gasteiger partial charge in [-0.1, -0.05) is 6.07 Å². The molecule has 1 aliphatic rings. The van der Waals surface area contributed by atoms with Gasteiger partial charge in [-0.05, 0) is 57.0 Å². The van der Waals surface area contributed by atoms with Crippen molar-refractivity contribution in [2.45, 2.75) is 32.9 Å². The number of rotatable bonds is 5. The first-order valence-electron chi connectivity index (χ1n) is 10.5. The summed E-state index contributed by atoms with van der Waals surface area (Å²) in [6.45, 7) is 4.94. The maximum Gasteiger partial charge on any atom is 0.416 e. The lowest BCUT2D eigenvalue weighted by Gasteiger charge is -2.16. The van der Waals surface area contributed by atoms with Gasteiger partial charge in [-0.25, -0.2) is 9.67 Å². The van der Waals surface area contributed by atoms with Crippen LogP contribution in [0.2, 0.25) is 0 Å². The zero-order valence-corrected chi connectivity index (χ0v) is 18.1. The van der Waals surface area contributed by atoms with Crippen LogP contribution in [0.5, 0.6) is 0 Å². The maximum absolute atomic E-state index is 13.1. The molecule has 4 rings (SSSR count). The van der Waals surface area contributed by atoms with Crippen molar-refractivity contribution in [2.24, 2.45) is 0 Å². The van der Waals surface area contributed by atoms with E-state index >= 15 is 0 Å². The monoisotopic (exact) mass is 457 g/mol. The summed E-state index contributed by atoms with van der Waals surface area (Å²) in [5, 5.41) is 6.74. The van der Waals surface area contributed by atoms with Crippen molar-refractivity contribution in [3.8, 4) is 5.69 Å². The standard InChI is InChI=1S/C23H22F3N5O2/c1-14-20(15(2)31(29-14)18-7-5-6-16(12-18)23(24,25)26)21(32)22(33)28-17-8-9-19(27-13-17)30-10-3-4-11-30/h5-9,12-13H,3-4,10-11H2,1-2H3,(H,28,33). The zero-order chi connectivity index (χ0) is 23.8. The Labute approximate surface area is 188 Å². The number of carbonyl (C=O) groups excluding carboxylic acids is 2. The van der Waals surface area contributed by atoms with Crippen molar-refractivity contribution in [2.75, 3.05) is 23.3 Å². The summed E-state index contributed by atoms with van der Waals surface area (Å²) in [4.78, 5) is 32.0. The number of hydrogen-bond donors (Lipinski definition) is 1. The van der Waals surface area contributed by atoms with Crippen LogP contribution in [0.4, 0.5) is 24.7 Å². The van der Waals surface area contributed by atoms with E-state index in [1.54, 1.807) is 12.1 Å². The van der Waals surface area contributed by atoms with E-state index in [1.165, 1.54) is 36.9 Å². The summed E-state index contributed by atoms with van der Waals surface area (Å²) >= 11 is 0. The molecule has 172 valence electrons. The molecule has 1 N–H and O–H groups in total. The third-order valence-corrected chi connectivity index (χ3v) is 5.58. The molecule has 0 aliphatic carbocycles. The largest absolute Gasteiger partial charge is 0.416 e. The number of nitrogens with one attached hydrogen (secondary N) is 1. The molecule has 0 spiro atoms. The number of halogens is 3. The Balaban J connectivity index is 1.54. The van der Waals surface area contributed by atoms with Crippen LogP contribution in [0, 0.1) is 13.8 Å². The number of carbonyl (C=O) groups is 2. The zero-order valence-electron chi connectivity index (χ0n) is 18.1. The van der Waals surface area contributed by atoms with E-state index in [4.69, 9.17) is 0 Å². The highest BCUT2D eigenvalue weighted by Gasteiger charge is 2.31. The number of Topliss-reactive ketones (excluding diaryl/α,β-unsaturated/α-hetero) is 1. The minimum atomic E-state index is -4.51. The lowest BCUT2D eigenvalue weighted by Crippen LogP contribution is -2.24. The second kappa shape index (κ2) is 8.68. The van der Waals surface area contributed by atoms with Crippen LogP contribution >= 0.6 is 0 Å². The molecule has 2 aromatic heterocycles. The van der Waals surface area contributed by atoms with E-state index in [1.807, 2.05) is 0 Å². The number of alkyl halides is 3. The molecule has 1 aromatic carbocycles. The normalized spacial score (nSPS) is 13.9. The number of aromatic nitrogens is 3. The van der Waals surface area contributed by atoms with Gasteiger partial charge >= 0.3 is 6.18 Å². The van der Waals surface area contributed by atoms with Gasteiger partial charge in [-0.2, -0.15) is 18.3 Å². The predicted octanol–water partition coefficient (Wildman–Crippen LogP) is 4.32.